The number of halogens is 2. The van der Waals surface area contributed by atoms with Gasteiger partial charge in [0.25, 0.3) is 0 Å². The molecule has 0 spiro atoms. The minimum Gasteiger partial charge on any atom is -0.504 e. The third-order valence-electron chi connectivity index (χ3n) is 6.81. The fourth-order valence-electron chi connectivity index (χ4n) is 4.35. The molecule has 8 nitrogen and oxygen atoms in total. The van der Waals surface area contributed by atoms with Crippen LogP contribution < -0.4 is 14.2 Å². The van der Waals surface area contributed by atoms with E-state index in [-0.39, 0.29) is 48.4 Å². The number of carbonyl (C=O) groups is 2. The van der Waals surface area contributed by atoms with E-state index in [2.05, 4.69) is 0 Å². The Hall–Kier alpha value is -5.12. The zero-order chi connectivity index (χ0) is 34.3. The molecule has 250 valence electrons. The van der Waals surface area contributed by atoms with Gasteiger partial charge in [-0.15, -0.1) is 0 Å². The van der Waals surface area contributed by atoms with Crippen LogP contribution in [0.1, 0.15) is 49.9 Å². The van der Waals surface area contributed by atoms with E-state index >= 15 is 0 Å². The van der Waals surface area contributed by atoms with Crippen LogP contribution in [-0.2, 0) is 44.7 Å². The second-order valence-electron chi connectivity index (χ2n) is 10.2. The first-order valence-corrected chi connectivity index (χ1v) is 15.3. The van der Waals surface area contributed by atoms with Gasteiger partial charge < -0.3 is 28.8 Å². The lowest BCUT2D eigenvalue weighted by Crippen LogP contribution is -2.07. The van der Waals surface area contributed by atoms with E-state index in [1.807, 2.05) is 32.0 Å². The molecule has 0 atom stereocenters. The van der Waals surface area contributed by atoms with Gasteiger partial charge in [0.2, 0.25) is 0 Å². The quantitative estimate of drug-likeness (QED) is 0.144. The van der Waals surface area contributed by atoms with Gasteiger partial charge in [-0.1, -0.05) is 38.1 Å². The Bertz CT molecular complexity index is 1650. The van der Waals surface area contributed by atoms with Crippen LogP contribution in [0.2, 0.25) is 0 Å². The van der Waals surface area contributed by atoms with Crippen LogP contribution in [0.25, 0.3) is 0 Å². The summed E-state index contributed by atoms with van der Waals surface area (Å²) in [5.41, 5.74) is 3.09. The molecule has 0 radical (unpaired) electrons. The smallest absolute Gasteiger partial charge is 0.310 e. The molecule has 0 heterocycles. The van der Waals surface area contributed by atoms with E-state index in [0.717, 1.165) is 24.0 Å². The molecule has 0 bridgehead atoms. The SMILES string of the molecule is CCOC(=O)Cc1ccc(Oc2ccc(CC)cc2O)c(F)c1.CCOC(=O)Cc1ccc(Oc2ccc(CC)cc2OC)c(F)c1. The average molecular weight is 651 g/mol. The number of rotatable bonds is 13. The fraction of sp³-hybridized carbons (Fsp3) is 0.297. The monoisotopic (exact) mass is 650 g/mol. The molecule has 4 aromatic carbocycles. The first kappa shape index (κ1) is 36.3. The van der Waals surface area contributed by atoms with Crippen molar-refractivity contribution in [2.24, 2.45) is 0 Å². The topological polar surface area (TPSA) is 101 Å². The van der Waals surface area contributed by atoms with Crippen molar-refractivity contribution in [3.63, 3.8) is 0 Å². The summed E-state index contributed by atoms with van der Waals surface area (Å²) in [5, 5.41) is 9.90. The molecule has 0 amide bonds. The maximum Gasteiger partial charge on any atom is 0.310 e. The highest BCUT2D eigenvalue weighted by molar-refractivity contribution is 5.73. The minimum absolute atomic E-state index is 0.00148. The molecule has 0 saturated carbocycles. The third kappa shape index (κ3) is 11.0. The minimum atomic E-state index is -0.606. The number of hydrogen-bond donors (Lipinski definition) is 1. The molecule has 0 saturated heterocycles. The molecule has 47 heavy (non-hydrogen) atoms. The second kappa shape index (κ2) is 18.1. The van der Waals surface area contributed by atoms with Gasteiger partial charge in [-0.2, -0.15) is 0 Å². The molecule has 0 unspecified atom stereocenters. The van der Waals surface area contributed by atoms with Crippen LogP contribution in [0.3, 0.4) is 0 Å². The number of aryl methyl sites for hydroxylation is 2. The normalized spacial score (nSPS) is 10.4. The number of methoxy groups -OCH3 is 1. The van der Waals surface area contributed by atoms with Crippen LogP contribution in [0.15, 0.2) is 72.8 Å². The Morgan fingerprint density at radius 3 is 1.43 bits per heavy atom. The van der Waals surface area contributed by atoms with Crippen molar-refractivity contribution >= 4 is 11.9 Å². The van der Waals surface area contributed by atoms with Crippen molar-refractivity contribution in [3.8, 4) is 34.5 Å². The maximum atomic E-state index is 14.2. The summed E-state index contributed by atoms with van der Waals surface area (Å²) in [6, 6.07) is 19.2. The van der Waals surface area contributed by atoms with Crippen molar-refractivity contribution in [1.82, 2.24) is 0 Å². The Morgan fingerprint density at radius 2 is 1.00 bits per heavy atom. The van der Waals surface area contributed by atoms with Gasteiger partial charge in [0.15, 0.2) is 46.1 Å². The standard InChI is InChI=1S/C19H21FO4.C18H19FO4/c1-4-13-6-9-17(18(11-13)22-3)24-16-8-7-14(10-15(16)20)12-19(21)23-5-2;1-3-12-5-8-17(15(20)10-12)23-16-7-6-13(9-14(16)19)11-18(21)22-4-2/h6-11H,4-5,12H2,1-3H3;5-10,20H,3-4,11H2,1-2H3. The number of benzene rings is 4. The molecule has 0 fully saturated rings. The highest BCUT2D eigenvalue weighted by Gasteiger charge is 2.14. The Balaban J connectivity index is 0.000000256. The molecule has 0 aliphatic rings. The number of esters is 2. The lowest BCUT2D eigenvalue weighted by molar-refractivity contribution is -0.143. The van der Waals surface area contributed by atoms with Gasteiger partial charge >= 0.3 is 11.9 Å². The number of phenols is 1. The highest BCUT2D eigenvalue weighted by Crippen LogP contribution is 2.35. The first-order chi connectivity index (χ1) is 22.6. The van der Waals surface area contributed by atoms with Gasteiger partial charge in [0.1, 0.15) is 0 Å². The molecule has 0 aliphatic carbocycles. The van der Waals surface area contributed by atoms with Crippen molar-refractivity contribution < 1.29 is 47.2 Å². The van der Waals surface area contributed by atoms with Crippen molar-refractivity contribution in [3.05, 3.63) is 107 Å². The Kier molecular flexibility index (Phi) is 14.0. The predicted octanol–water partition coefficient (Wildman–Crippen LogP) is 8.29. The number of ether oxygens (including phenoxy) is 5. The maximum absolute atomic E-state index is 14.2. The molecule has 0 aliphatic heterocycles. The Labute approximate surface area is 273 Å². The zero-order valence-electron chi connectivity index (χ0n) is 27.2. The van der Waals surface area contributed by atoms with Crippen LogP contribution in [0.4, 0.5) is 8.78 Å². The molecule has 10 heteroatoms. The average Bonchev–Trinajstić information content (AvgIpc) is 3.05. The van der Waals surface area contributed by atoms with Gasteiger partial charge in [-0.25, -0.2) is 8.78 Å². The lowest BCUT2D eigenvalue weighted by atomic mass is 10.1. The van der Waals surface area contributed by atoms with Gasteiger partial charge in [-0.05, 0) is 97.5 Å². The van der Waals surface area contributed by atoms with Crippen LogP contribution in [-0.4, -0.2) is 37.4 Å². The predicted molar refractivity (Wildman–Crippen MR) is 173 cm³/mol. The summed E-state index contributed by atoms with van der Waals surface area (Å²) in [7, 11) is 1.54. The number of aromatic hydroxyl groups is 1. The van der Waals surface area contributed by atoms with E-state index in [0.29, 0.717) is 29.2 Å². The molecule has 4 aromatic rings. The summed E-state index contributed by atoms with van der Waals surface area (Å²) >= 11 is 0. The number of carbonyl (C=O) groups excluding carboxylic acids is 2. The fourth-order valence-corrected chi connectivity index (χ4v) is 4.35. The Morgan fingerprint density at radius 1 is 0.574 bits per heavy atom. The second-order valence-corrected chi connectivity index (χ2v) is 10.2. The third-order valence-corrected chi connectivity index (χ3v) is 6.81. The molecular formula is C37H40F2O8. The van der Waals surface area contributed by atoms with E-state index in [9.17, 15) is 23.5 Å². The zero-order valence-corrected chi connectivity index (χ0v) is 27.2. The van der Waals surface area contributed by atoms with Crippen molar-refractivity contribution in [2.75, 3.05) is 20.3 Å². The van der Waals surface area contributed by atoms with Crippen LogP contribution in [0, 0.1) is 11.6 Å². The van der Waals surface area contributed by atoms with E-state index in [1.165, 1.54) is 24.3 Å². The summed E-state index contributed by atoms with van der Waals surface area (Å²) in [6.45, 7) is 8.04. The molecule has 1 N–H and O–H groups in total. The summed E-state index contributed by atoms with van der Waals surface area (Å²) in [6.07, 6.45) is 1.68. The van der Waals surface area contributed by atoms with Gasteiger partial charge in [0.05, 0.1) is 33.2 Å². The van der Waals surface area contributed by atoms with E-state index in [1.54, 1.807) is 51.3 Å². The molecule has 4 rings (SSSR count). The van der Waals surface area contributed by atoms with Crippen LogP contribution >= 0.6 is 0 Å². The van der Waals surface area contributed by atoms with Crippen LogP contribution in [0.5, 0.6) is 34.5 Å². The van der Waals surface area contributed by atoms with Crippen molar-refractivity contribution in [2.45, 2.75) is 53.4 Å². The van der Waals surface area contributed by atoms with E-state index in [4.69, 9.17) is 23.7 Å². The van der Waals surface area contributed by atoms with E-state index < -0.39 is 17.6 Å². The number of phenolic OH excluding ortho intramolecular Hbond substituents is 1. The van der Waals surface area contributed by atoms with Crippen molar-refractivity contribution in [1.29, 1.82) is 0 Å². The lowest BCUT2D eigenvalue weighted by Gasteiger charge is -2.12. The summed E-state index contributed by atoms with van der Waals surface area (Å²) < 4.78 is 54.3. The highest BCUT2D eigenvalue weighted by atomic mass is 19.1. The van der Waals surface area contributed by atoms with Gasteiger partial charge in [-0.3, -0.25) is 9.59 Å². The van der Waals surface area contributed by atoms with Gasteiger partial charge in [0, 0.05) is 0 Å². The number of hydrogen-bond acceptors (Lipinski definition) is 8. The largest absolute Gasteiger partial charge is 0.504 e. The first-order valence-electron chi connectivity index (χ1n) is 15.3. The molecular weight excluding hydrogens is 610 g/mol. The summed E-state index contributed by atoms with van der Waals surface area (Å²) in [5.74, 6) is -0.767. The summed E-state index contributed by atoms with van der Waals surface area (Å²) in [4.78, 5) is 22.8. The molecule has 0 aromatic heterocycles.